The largest absolute Gasteiger partial charge is 0.352 e. The SMILES string of the molecule is Cc1cc(C(=O)NCCC2=CCCCC2)c(C)n1Cc1ccccn1. The van der Waals surface area contributed by atoms with E-state index in [-0.39, 0.29) is 5.91 Å². The summed E-state index contributed by atoms with van der Waals surface area (Å²) in [7, 11) is 0. The summed E-state index contributed by atoms with van der Waals surface area (Å²) in [5, 5.41) is 3.08. The van der Waals surface area contributed by atoms with Crippen molar-refractivity contribution in [1.82, 2.24) is 14.9 Å². The molecule has 0 aliphatic heterocycles. The van der Waals surface area contributed by atoms with Gasteiger partial charge in [0.1, 0.15) is 0 Å². The van der Waals surface area contributed by atoms with Crippen molar-refractivity contribution in [3.63, 3.8) is 0 Å². The van der Waals surface area contributed by atoms with Gasteiger partial charge in [0.25, 0.3) is 5.91 Å². The topological polar surface area (TPSA) is 46.9 Å². The minimum Gasteiger partial charge on any atom is -0.352 e. The van der Waals surface area contributed by atoms with E-state index in [1.165, 1.54) is 31.3 Å². The summed E-state index contributed by atoms with van der Waals surface area (Å²) in [6.07, 6.45) is 10.1. The molecule has 0 aromatic carbocycles. The summed E-state index contributed by atoms with van der Waals surface area (Å²) in [5.41, 5.74) is 5.35. The van der Waals surface area contributed by atoms with Gasteiger partial charge < -0.3 is 9.88 Å². The number of aryl methyl sites for hydroxylation is 1. The predicted molar refractivity (Wildman–Crippen MR) is 101 cm³/mol. The van der Waals surface area contributed by atoms with Crippen molar-refractivity contribution in [2.45, 2.75) is 52.5 Å². The molecule has 2 aromatic rings. The highest BCUT2D eigenvalue weighted by atomic mass is 16.1. The predicted octanol–water partition coefficient (Wildman–Crippen LogP) is 4.17. The van der Waals surface area contributed by atoms with E-state index in [0.29, 0.717) is 13.1 Å². The molecule has 25 heavy (non-hydrogen) atoms. The number of hydrogen-bond donors (Lipinski definition) is 1. The lowest BCUT2D eigenvalue weighted by atomic mass is 9.97. The third-order valence-electron chi connectivity index (χ3n) is 4.98. The molecule has 0 bridgehead atoms. The molecule has 0 saturated carbocycles. The van der Waals surface area contributed by atoms with E-state index in [4.69, 9.17) is 0 Å². The molecule has 1 aliphatic rings. The van der Waals surface area contributed by atoms with Crippen molar-refractivity contribution >= 4 is 5.91 Å². The van der Waals surface area contributed by atoms with Crippen LogP contribution in [0.4, 0.5) is 0 Å². The number of rotatable bonds is 6. The number of amides is 1. The number of hydrogen-bond acceptors (Lipinski definition) is 2. The van der Waals surface area contributed by atoms with Gasteiger partial charge in [-0.3, -0.25) is 9.78 Å². The van der Waals surface area contributed by atoms with Crippen LogP contribution < -0.4 is 5.32 Å². The molecule has 0 unspecified atom stereocenters. The molecule has 4 heteroatoms. The first-order valence-corrected chi connectivity index (χ1v) is 9.18. The summed E-state index contributed by atoms with van der Waals surface area (Å²) >= 11 is 0. The van der Waals surface area contributed by atoms with Crippen LogP contribution in [0.1, 0.15) is 59.5 Å². The Morgan fingerprint density at radius 1 is 1.28 bits per heavy atom. The monoisotopic (exact) mass is 337 g/mol. The number of aromatic nitrogens is 2. The average molecular weight is 337 g/mol. The van der Waals surface area contributed by atoms with Crippen molar-refractivity contribution in [2.24, 2.45) is 0 Å². The Morgan fingerprint density at radius 3 is 2.88 bits per heavy atom. The molecular weight excluding hydrogens is 310 g/mol. The summed E-state index contributed by atoms with van der Waals surface area (Å²) in [5.74, 6) is 0.0248. The van der Waals surface area contributed by atoms with Crippen molar-refractivity contribution in [3.05, 3.63) is 64.8 Å². The van der Waals surface area contributed by atoms with Crippen LogP contribution in [-0.2, 0) is 6.54 Å². The van der Waals surface area contributed by atoms with E-state index >= 15 is 0 Å². The molecule has 0 saturated heterocycles. The zero-order chi connectivity index (χ0) is 17.6. The number of carbonyl (C=O) groups excluding carboxylic acids is 1. The Kier molecular flexibility index (Phi) is 5.69. The zero-order valence-corrected chi connectivity index (χ0v) is 15.2. The fraction of sp³-hybridized carbons (Fsp3) is 0.429. The molecule has 1 aliphatic carbocycles. The maximum Gasteiger partial charge on any atom is 0.253 e. The number of pyridine rings is 1. The third-order valence-corrected chi connectivity index (χ3v) is 4.98. The van der Waals surface area contributed by atoms with E-state index < -0.39 is 0 Å². The minimum atomic E-state index is 0.0248. The lowest BCUT2D eigenvalue weighted by Crippen LogP contribution is -2.25. The normalized spacial score (nSPS) is 14.2. The van der Waals surface area contributed by atoms with Crippen molar-refractivity contribution < 1.29 is 4.79 Å². The Hall–Kier alpha value is -2.36. The third kappa shape index (κ3) is 4.38. The van der Waals surface area contributed by atoms with Crippen molar-refractivity contribution in [3.8, 4) is 0 Å². The molecule has 4 nitrogen and oxygen atoms in total. The van der Waals surface area contributed by atoms with Gasteiger partial charge in [-0.1, -0.05) is 17.7 Å². The van der Waals surface area contributed by atoms with Gasteiger partial charge in [0, 0.05) is 24.1 Å². The van der Waals surface area contributed by atoms with Crippen LogP contribution in [0.25, 0.3) is 0 Å². The molecule has 1 amide bonds. The van der Waals surface area contributed by atoms with Crippen LogP contribution in [-0.4, -0.2) is 22.0 Å². The lowest BCUT2D eigenvalue weighted by molar-refractivity contribution is 0.0953. The second-order valence-electron chi connectivity index (χ2n) is 6.81. The van der Waals surface area contributed by atoms with Crippen LogP contribution in [0.2, 0.25) is 0 Å². The number of nitrogens with one attached hydrogen (secondary N) is 1. The first kappa shape index (κ1) is 17.5. The summed E-state index contributed by atoms with van der Waals surface area (Å²) in [6, 6.07) is 7.90. The van der Waals surface area contributed by atoms with Gasteiger partial charge in [0.15, 0.2) is 0 Å². The average Bonchev–Trinajstić information content (AvgIpc) is 2.92. The maximum atomic E-state index is 12.6. The number of allylic oxidation sites excluding steroid dienone is 1. The standard InChI is InChI=1S/C21H27N3O/c1-16-14-20(17(2)24(16)15-19-10-6-7-12-22-19)21(25)23-13-11-18-8-4-3-5-9-18/h6-8,10,12,14H,3-5,9,11,13,15H2,1-2H3,(H,23,25). The smallest absolute Gasteiger partial charge is 0.253 e. The van der Waals surface area contributed by atoms with Gasteiger partial charge in [-0.2, -0.15) is 0 Å². The van der Waals surface area contributed by atoms with Crippen LogP contribution in [0.3, 0.4) is 0 Å². The van der Waals surface area contributed by atoms with Crippen molar-refractivity contribution in [1.29, 1.82) is 0 Å². The highest BCUT2D eigenvalue weighted by molar-refractivity contribution is 5.95. The zero-order valence-electron chi connectivity index (χ0n) is 15.2. The highest BCUT2D eigenvalue weighted by Crippen LogP contribution is 2.20. The summed E-state index contributed by atoms with van der Waals surface area (Å²) in [4.78, 5) is 16.9. The fourth-order valence-electron chi connectivity index (χ4n) is 3.49. The molecule has 2 heterocycles. The highest BCUT2D eigenvalue weighted by Gasteiger charge is 2.16. The molecule has 132 valence electrons. The Labute approximate surface area is 150 Å². The van der Waals surface area contributed by atoms with Crippen LogP contribution in [0.15, 0.2) is 42.1 Å². The van der Waals surface area contributed by atoms with Crippen molar-refractivity contribution in [2.75, 3.05) is 6.54 Å². The first-order valence-electron chi connectivity index (χ1n) is 9.18. The summed E-state index contributed by atoms with van der Waals surface area (Å²) in [6.45, 7) is 5.46. The molecule has 0 radical (unpaired) electrons. The van der Waals surface area contributed by atoms with Gasteiger partial charge in [-0.15, -0.1) is 0 Å². The Balaban J connectivity index is 1.62. The first-order chi connectivity index (χ1) is 12.1. The molecule has 0 atom stereocenters. The molecule has 1 N–H and O–H groups in total. The number of carbonyl (C=O) groups is 1. The second kappa shape index (κ2) is 8.15. The lowest BCUT2D eigenvalue weighted by Gasteiger charge is -2.13. The van der Waals surface area contributed by atoms with E-state index in [1.807, 2.05) is 38.1 Å². The van der Waals surface area contributed by atoms with E-state index in [0.717, 1.165) is 29.1 Å². The van der Waals surface area contributed by atoms with Crippen LogP contribution in [0.5, 0.6) is 0 Å². The quantitative estimate of drug-likeness (QED) is 0.804. The molecule has 3 rings (SSSR count). The maximum absolute atomic E-state index is 12.6. The Morgan fingerprint density at radius 2 is 2.16 bits per heavy atom. The van der Waals surface area contributed by atoms with Crippen LogP contribution in [0, 0.1) is 13.8 Å². The van der Waals surface area contributed by atoms with E-state index in [1.54, 1.807) is 6.20 Å². The second-order valence-corrected chi connectivity index (χ2v) is 6.81. The molecular formula is C21H27N3O. The van der Waals surface area contributed by atoms with Gasteiger partial charge in [0.2, 0.25) is 0 Å². The van der Waals surface area contributed by atoms with Gasteiger partial charge in [0.05, 0.1) is 17.8 Å². The molecule has 0 spiro atoms. The number of nitrogens with zero attached hydrogens (tertiary/aromatic N) is 2. The minimum absolute atomic E-state index is 0.0248. The Bertz CT molecular complexity index is 759. The van der Waals surface area contributed by atoms with Crippen LogP contribution >= 0.6 is 0 Å². The fourth-order valence-corrected chi connectivity index (χ4v) is 3.49. The van der Waals surface area contributed by atoms with Gasteiger partial charge in [-0.05, 0) is 64.2 Å². The van der Waals surface area contributed by atoms with E-state index in [9.17, 15) is 4.79 Å². The van der Waals surface area contributed by atoms with Gasteiger partial charge in [-0.25, -0.2) is 0 Å². The molecule has 2 aromatic heterocycles. The summed E-state index contributed by atoms with van der Waals surface area (Å²) < 4.78 is 2.15. The van der Waals surface area contributed by atoms with Gasteiger partial charge >= 0.3 is 0 Å². The molecule has 0 fully saturated rings. The van der Waals surface area contributed by atoms with E-state index in [2.05, 4.69) is 20.9 Å².